The van der Waals surface area contributed by atoms with Crippen molar-refractivity contribution >= 4 is 14.3 Å². The smallest absolute Gasteiger partial charge is 0.317 e. The Morgan fingerprint density at radius 1 is 1.29 bits per heavy atom. The topological polar surface area (TPSA) is 26.3 Å². The third-order valence-electron chi connectivity index (χ3n) is 1.64. The SMILES string of the molecule is CCCCCC=CC(=O)O[Si](C)(C)C. The number of rotatable bonds is 6. The molecule has 2 nitrogen and oxygen atoms in total. The van der Waals surface area contributed by atoms with E-state index in [-0.39, 0.29) is 5.97 Å². The minimum absolute atomic E-state index is 0.180. The summed E-state index contributed by atoms with van der Waals surface area (Å²) in [6, 6.07) is 0. The highest BCUT2D eigenvalue weighted by Crippen LogP contribution is 2.04. The van der Waals surface area contributed by atoms with Gasteiger partial charge in [-0.1, -0.05) is 25.8 Å². The summed E-state index contributed by atoms with van der Waals surface area (Å²) in [7, 11) is -1.70. The fraction of sp³-hybridized carbons (Fsp3) is 0.727. The second kappa shape index (κ2) is 6.82. The molecule has 0 aromatic carbocycles. The Balaban J connectivity index is 3.61. The summed E-state index contributed by atoms with van der Waals surface area (Å²) in [5, 5.41) is 0. The quantitative estimate of drug-likeness (QED) is 0.384. The van der Waals surface area contributed by atoms with E-state index in [1.807, 2.05) is 25.7 Å². The number of carbonyl (C=O) groups is 1. The van der Waals surface area contributed by atoms with E-state index < -0.39 is 8.32 Å². The van der Waals surface area contributed by atoms with Crippen molar-refractivity contribution in [2.75, 3.05) is 0 Å². The minimum atomic E-state index is -1.70. The van der Waals surface area contributed by atoms with E-state index >= 15 is 0 Å². The Labute approximate surface area is 88.5 Å². The van der Waals surface area contributed by atoms with Crippen LogP contribution in [0.15, 0.2) is 12.2 Å². The van der Waals surface area contributed by atoms with Gasteiger partial charge in [0, 0.05) is 6.08 Å². The van der Waals surface area contributed by atoms with Crippen LogP contribution in [0.4, 0.5) is 0 Å². The predicted octanol–water partition coefficient (Wildman–Crippen LogP) is 3.50. The Morgan fingerprint density at radius 2 is 1.93 bits per heavy atom. The van der Waals surface area contributed by atoms with Gasteiger partial charge in [0.25, 0.3) is 0 Å². The van der Waals surface area contributed by atoms with Crippen LogP contribution in [0.5, 0.6) is 0 Å². The van der Waals surface area contributed by atoms with Gasteiger partial charge in [0.1, 0.15) is 0 Å². The van der Waals surface area contributed by atoms with E-state index in [9.17, 15) is 4.79 Å². The average molecular weight is 214 g/mol. The van der Waals surface area contributed by atoms with Crippen LogP contribution in [0.2, 0.25) is 19.6 Å². The standard InChI is InChI=1S/C11H22O2Si/c1-5-6-7-8-9-10-11(12)13-14(2,3)4/h9-10H,5-8H2,1-4H3. The minimum Gasteiger partial charge on any atom is -0.517 e. The summed E-state index contributed by atoms with van der Waals surface area (Å²) in [6.45, 7) is 8.20. The zero-order chi connectivity index (χ0) is 11.0. The number of hydrogen-bond acceptors (Lipinski definition) is 2. The van der Waals surface area contributed by atoms with Gasteiger partial charge in [-0.2, -0.15) is 0 Å². The molecule has 0 unspecified atom stereocenters. The van der Waals surface area contributed by atoms with Gasteiger partial charge in [-0.15, -0.1) is 0 Å². The molecule has 0 rings (SSSR count). The lowest BCUT2D eigenvalue weighted by Crippen LogP contribution is -2.28. The van der Waals surface area contributed by atoms with Gasteiger partial charge in [-0.05, 0) is 32.5 Å². The highest BCUT2D eigenvalue weighted by Gasteiger charge is 2.17. The highest BCUT2D eigenvalue weighted by atomic mass is 28.4. The Bertz CT molecular complexity index is 192. The lowest BCUT2D eigenvalue weighted by atomic mass is 10.2. The molecule has 0 amide bonds. The molecular weight excluding hydrogens is 192 g/mol. The van der Waals surface area contributed by atoms with Crippen molar-refractivity contribution in [3.63, 3.8) is 0 Å². The summed E-state index contributed by atoms with van der Waals surface area (Å²) in [4.78, 5) is 11.2. The molecule has 82 valence electrons. The molecule has 0 spiro atoms. The zero-order valence-electron chi connectivity index (χ0n) is 9.80. The second-order valence-electron chi connectivity index (χ2n) is 4.43. The first-order chi connectivity index (χ1) is 6.45. The van der Waals surface area contributed by atoms with Crippen molar-refractivity contribution in [1.82, 2.24) is 0 Å². The van der Waals surface area contributed by atoms with Crippen molar-refractivity contribution in [3.8, 4) is 0 Å². The largest absolute Gasteiger partial charge is 0.517 e. The summed E-state index contributed by atoms with van der Waals surface area (Å²) in [5.41, 5.74) is 0. The molecule has 0 atom stereocenters. The fourth-order valence-electron chi connectivity index (χ4n) is 1.03. The molecule has 0 aromatic heterocycles. The number of unbranched alkanes of at least 4 members (excludes halogenated alkanes) is 3. The fourth-order valence-corrected chi connectivity index (χ4v) is 1.70. The summed E-state index contributed by atoms with van der Waals surface area (Å²) in [5.74, 6) is -0.180. The third-order valence-corrected chi connectivity index (χ3v) is 2.45. The van der Waals surface area contributed by atoms with Gasteiger partial charge in [0.2, 0.25) is 8.32 Å². The Hall–Kier alpha value is -0.573. The van der Waals surface area contributed by atoms with Gasteiger partial charge < -0.3 is 4.43 Å². The first-order valence-electron chi connectivity index (χ1n) is 5.35. The lowest BCUT2D eigenvalue weighted by Gasteiger charge is -2.15. The molecular formula is C11H22O2Si. The van der Waals surface area contributed by atoms with Crippen molar-refractivity contribution in [1.29, 1.82) is 0 Å². The maximum atomic E-state index is 11.2. The summed E-state index contributed by atoms with van der Waals surface area (Å²) in [6.07, 6.45) is 8.06. The zero-order valence-corrected chi connectivity index (χ0v) is 10.8. The maximum absolute atomic E-state index is 11.2. The molecule has 0 saturated heterocycles. The number of allylic oxidation sites excluding steroid dienone is 1. The van der Waals surface area contributed by atoms with Crippen molar-refractivity contribution < 1.29 is 9.22 Å². The number of hydrogen-bond donors (Lipinski definition) is 0. The maximum Gasteiger partial charge on any atom is 0.317 e. The van der Waals surface area contributed by atoms with Crippen LogP contribution in [0.25, 0.3) is 0 Å². The van der Waals surface area contributed by atoms with E-state index in [1.165, 1.54) is 12.8 Å². The second-order valence-corrected chi connectivity index (χ2v) is 8.86. The Kier molecular flexibility index (Phi) is 6.54. The monoisotopic (exact) mass is 214 g/mol. The van der Waals surface area contributed by atoms with Gasteiger partial charge in [-0.3, -0.25) is 0 Å². The van der Waals surface area contributed by atoms with Crippen LogP contribution < -0.4 is 0 Å². The van der Waals surface area contributed by atoms with E-state index in [4.69, 9.17) is 4.43 Å². The van der Waals surface area contributed by atoms with Crippen LogP contribution in [-0.2, 0) is 9.22 Å². The van der Waals surface area contributed by atoms with Gasteiger partial charge in [-0.25, -0.2) is 4.79 Å². The van der Waals surface area contributed by atoms with Crippen molar-refractivity contribution in [2.24, 2.45) is 0 Å². The van der Waals surface area contributed by atoms with E-state index in [0.717, 1.165) is 12.8 Å². The van der Waals surface area contributed by atoms with Crippen LogP contribution in [-0.4, -0.2) is 14.3 Å². The van der Waals surface area contributed by atoms with Gasteiger partial charge in [0.15, 0.2) is 0 Å². The predicted molar refractivity (Wildman–Crippen MR) is 62.7 cm³/mol. The molecule has 0 N–H and O–H groups in total. The summed E-state index contributed by atoms with van der Waals surface area (Å²) >= 11 is 0. The first kappa shape index (κ1) is 13.4. The molecule has 3 heteroatoms. The van der Waals surface area contributed by atoms with E-state index in [0.29, 0.717) is 0 Å². The van der Waals surface area contributed by atoms with Gasteiger partial charge in [0.05, 0.1) is 0 Å². The van der Waals surface area contributed by atoms with Crippen LogP contribution in [0, 0.1) is 0 Å². The Morgan fingerprint density at radius 3 is 2.43 bits per heavy atom. The highest BCUT2D eigenvalue weighted by molar-refractivity contribution is 6.71. The van der Waals surface area contributed by atoms with Crippen LogP contribution >= 0.6 is 0 Å². The average Bonchev–Trinajstić information content (AvgIpc) is 2.00. The lowest BCUT2D eigenvalue weighted by molar-refractivity contribution is -0.129. The molecule has 0 radical (unpaired) electrons. The molecule has 14 heavy (non-hydrogen) atoms. The normalized spacial score (nSPS) is 12.0. The molecule has 0 aliphatic rings. The third kappa shape index (κ3) is 9.51. The van der Waals surface area contributed by atoms with Crippen molar-refractivity contribution in [3.05, 3.63) is 12.2 Å². The van der Waals surface area contributed by atoms with E-state index in [2.05, 4.69) is 6.92 Å². The molecule has 0 aliphatic heterocycles. The van der Waals surface area contributed by atoms with Crippen LogP contribution in [0.1, 0.15) is 32.6 Å². The molecule has 0 saturated carbocycles. The molecule has 0 aliphatic carbocycles. The van der Waals surface area contributed by atoms with Gasteiger partial charge >= 0.3 is 5.97 Å². The van der Waals surface area contributed by atoms with Crippen LogP contribution in [0.3, 0.4) is 0 Å². The van der Waals surface area contributed by atoms with E-state index in [1.54, 1.807) is 6.08 Å². The van der Waals surface area contributed by atoms with Crippen molar-refractivity contribution in [2.45, 2.75) is 52.2 Å². The first-order valence-corrected chi connectivity index (χ1v) is 8.76. The number of carbonyl (C=O) groups excluding carboxylic acids is 1. The molecule has 0 aromatic rings. The molecule has 0 heterocycles. The molecule has 0 fully saturated rings. The summed E-state index contributed by atoms with van der Waals surface area (Å²) < 4.78 is 5.26. The molecule has 0 bridgehead atoms.